The number of esters is 3. The molecular weight excluding hydrogens is 660 g/mol. The molecule has 2 N–H and O–H groups in total. The Morgan fingerprint density at radius 3 is 2.22 bits per heavy atom. The maximum absolute atomic E-state index is 15.8. The van der Waals surface area contributed by atoms with Crippen molar-refractivity contribution in [1.29, 1.82) is 0 Å². The van der Waals surface area contributed by atoms with Gasteiger partial charge in [-0.2, -0.15) is 0 Å². The smallest absolute Gasteiger partial charge is 0.338 e. The van der Waals surface area contributed by atoms with Crippen LogP contribution in [0.3, 0.4) is 0 Å². The van der Waals surface area contributed by atoms with Crippen LogP contribution in [0.1, 0.15) is 84.5 Å². The lowest BCUT2D eigenvalue weighted by Crippen LogP contribution is -2.82. The van der Waals surface area contributed by atoms with Crippen molar-refractivity contribution in [1.82, 2.24) is 0 Å². The molecule has 0 amide bonds. The summed E-state index contributed by atoms with van der Waals surface area (Å²) >= 11 is 0. The number of aliphatic hydroxyl groups excluding tert-OH is 1. The molecular formula is C38H52O11Si. The fraction of sp³-hybridized carbons (Fsp3) is 0.684. The van der Waals surface area contributed by atoms with E-state index in [1.54, 1.807) is 58.0 Å². The van der Waals surface area contributed by atoms with E-state index < -0.39 is 90.5 Å². The molecule has 0 spiro atoms. The second kappa shape index (κ2) is 12.6. The second-order valence-corrected chi connectivity index (χ2v) is 20.7. The van der Waals surface area contributed by atoms with Crippen LogP contribution in [0, 0.1) is 22.7 Å². The molecule has 1 aromatic rings. The van der Waals surface area contributed by atoms with E-state index >= 15 is 4.79 Å². The molecule has 0 aromatic heterocycles. The Balaban J connectivity index is 1.66. The highest BCUT2D eigenvalue weighted by molar-refractivity contribution is 6.72. The Morgan fingerprint density at radius 2 is 1.68 bits per heavy atom. The minimum Gasteiger partial charge on any atom is -0.455 e. The Hall–Kier alpha value is -2.90. The first-order chi connectivity index (χ1) is 23.4. The lowest BCUT2D eigenvalue weighted by molar-refractivity contribution is -0.344. The average Bonchev–Trinajstić information content (AvgIpc) is 3.92. The quantitative estimate of drug-likeness (QED) is 0.159. The molecule has 274 valence electrons. The molecule has 5 aliphatic rings. The van der Waals surface area contributed by atoms with E-state index in [-0.39, 0.29) is 36.5 Å². The Kier molecular flexibility index (Phi) is 9.33. The number of Topliss-reactive ketones (excluding diaryl/α,β-unsaturated/α-hetero) is 1. The van der Waals surface area contributed by atoms with Gasteiger partial charge in [-0.05, 0) is 68.6 Å². The largest absolute Gasteiger partial charge is 0.455 e. The highest BCUT2D eigenvalue weighted by atomic mass is 28.4. The number of rotatable bonds is 9. The van der Waals surface area contributed by atoms with E-state index in [4.69, 9.17) is 23.4 Å². The van der Waals surface area contributed by atoms with Gasteiger partial charge in [-0.1, -0.05) is 45.9 Å². The first-order valence-electron chi connectivity index (χ1n) is 18.0. The molecule has 50 heavy (non-hydrogen) atoms. The SMILES string of the molecule is CC[Si](C)(CC)O[C@H]1C[C@H]2OC[C@@]2(OC(C)=O)C2C(OC(=O)c3ccccc3)[C@]3(O)C[C@H](O)C(C)=C([C@@H](OC(=O)C4CC4)C(=O)[C@@]21C)C3(C)C. The fourth-order valence-corrected chi connectivity index (χ4v) is 11.0. The molecule has 4 fully saturated rings. The highest BCUT2D eigenvalue weighted by Crippen LogP contribution is 2.65. The topological polar surface area (TPSA) is 155 Å². The number of benzene rings is 1. The zero-order valence-electron chi connectivity index (χ0n) is 30.4. The van der Waals surface area contributed by atoms with E-state index in [0.717, 1.165) is 12.1 Å². The van der Waals surface area contributed by atoms with Gasteiger partial charge < -0.3 is 33.6 Å². The Bertz CT molecular complexity index is 1580. The number of hydrogen-bond acceptors (Lipinski definition) is 11. The van der Waals surface area contributed by atoms with Crippen LogP contribution < -0.4 is 0 Å². The van der Waals surface area contributed by atoms with Gasteiger partial charge in [0.1, 0.15) is 17.8 Å². The van der Waals surface area contributed by atoms with Crippen molar-refractivity contribution in [2.75, 3.05) is 6.61 Å². The monoisotopic (exact) mass is 712 g/mol. The summed E-state index contributed by atoms with van der Waals surface area (Å²) in [5.74, 6) is -4.01. The number of ketones is 1. The Morgan fingerprint density at radius 1 is 1.04 bits per heavy atom. The zero-order valence-corrected chi connectivity index (χ0v) is 31.4. The molecule has 6 rings (SSSR count). The molecule has 1 aromatic carbocycles. The average molecular weight is 713 g/mol. The summed E-state index contributed by atoms with van der Waals surface area (Å²) in [4.78, 5) is 56.4. The van der Waals surface area contributed by atoms with Crippen LogP contribution in [0.4, 0.5) is 0 Å². The van der Waals surface area contributed by atoms with Gasteiger partial charge >= 0.3 is 17.9 Å². The number of carbonyl (C=O) groups is 4. The van der Waals surface area contributed by atoms with Gasteiger partial charge in [-0.25, -0.2) is 4.79 Å². The lowest BCUT2D eigenvalue weighted by Gasteiger charge is -2.68. The summed E-state index contributed by atoms with van der Waals surface area (Å²) in [7, 11) is -2.46. The fourth-order valence-electron chi connectivity index (χ4n) is 9.18. The van der Waals surface area contributed by atoms with Gasteiger partial charge in [0.15, 0.2) is 25.8 Å². The molecule has 4 aliphatic carbocycles. The van der Waals surface area contributed by atoms with E-state index in [1.165, 1.54) is 6.92 Å². The summed E-state index contributed by atoms with van der Waals surface area (Å²) in [5, 5.41) is 25.0. The van der Waals surface area contributed by atoms with Crippen LogP contribution in [-0.4, -0.2) is 90.6 Å². The predicted molar refractivity (Wildman–Crippen MR) is 183 cm³/mol. The lowest BCUT2D eigenvalue weighted by atomic mass is 9.44. The molecule has 11 nitrogen and oxygen atoms in total. The van der Waals surface area contributed by atoms with E-state index in [2.05, 4.69) is 20.4 Å². The summed E-state index contributed by atoms with van der Waals surface area (Å²) in [6, 6.07) is 9.81. The third-order valence-corrected chi connectivity index (χ3v) is 16.8. The molecule has 1 heterocycles. The zero-order chi connectivity index (χ0) is 36.6. The van der Waals surface area contributed by atoms with Crippen molar-refractivity contribution >= 4 is 32.0 Å². The predicted octanol–water partition coefficient (Wildman–Crippen LogP) is 4.68. The second-order valence-electron chi connectivity index (χ2n) is 16.1. The third kappa shape index (κ3) is 5.52. The summed E-state index contributed by atoms with van der Waals surface area (Å²) in [6.07, 6.45) is -4.69. The van der Waals surface area contributed by atoms with Crippen molar-refractivity contribution in [2.24, 2.45) is 22.7 Å². The van der Waals surface area contributed by atoms with Crippen LogP contribution in [-0.2, 0) is 37.8 Å². The third-order valence-electron chi connectivity index (χ3n) is 13.0. The van der Waals surface area contributed by atoms with Gasteiger partial charge in [0.25, 0.3) is 0 Å². The van der Waals surface area contributed by atoms with Gasteiger partial charge in [0, 0.05) is 25.2 Å². The standard InChI is InChI=1S/C38H52O11Si/c1-9-50(8,10-2)49-26-18-27-37(20-45-27,48-22(4)39)30-32(47-34(43)23-14-12-11-13-15-23)38(44)19-25(40)21(3)28(35(38,5)6)29(31(41)36(26,30)7)46-33(42)24-16-17-24/h11-15,24-27,29-30,32,40,44H,9-10,16-20H2,1-8H3/t25-,26-,27+,29+,30?,32?,36+,37-,38+/m0/s1. The van der Waals surface area contributed by atoms with E-state index in [1.807, 2.05) is 0 Å². The number of carbonyl (C=O) groups excluding carboxylic acids is 4. The van der Waals surface area contributed by atoms with Crippen molar-refractivity contribution in [3.05, 3.63) is 47.0 Å². The molecule has 1 aliphatic heterocycles. The minimum atomic E-state index is -2.46. The van der Waals surface area contributed by atoms with Gasteiger partial charge in [0.05, 0.1) is 41.6 Å². The normalized spacial score (nSPS) is 37.7. The highest BCUT2D eigenvalue weighted by Gasteiger charge is 2.78. The van der Waals surface area contributed by atoms with Crippen LogP contribution >= 0.6 is 0 Å². The summed E-state index contributed by atoms with van der Waals surface area (Å²) in [6.45, 7) is 14.2. The number of fused-ring (bicyclic) bond motifs is 5. The molecule has 9 atom stereocenters. The number of aliphatic hydroxyl groups is 2. The first-order valence-corrected chi connectivity index (χ1v) is 20.8. The van der Waals surface area contributed by atoms with Crippen molar-refractivity contribution < 1.29 is 52.8 Å². The summed E-state index contributed by atoms with van der Waals surface area (Å²) in [5.41, 5.74) is -5.74. The molecule has 2 bridgehead atoms. The van der Waals surface area contributed by atoms with E-state index in [9.17, 15) is 24.6 Å². The number of ether oxygens (including phenoxy) is 4. The van der Waals surface area contributed by atoms with Gasteiger partial charge in [-0.15, -0.1) is 0 Å². The van der Waals surface area contributed by atoms with Crippen LogP contribution in [0.2, 0.25) is 18.6 Å². The number of hydrogen-bond donors (Lipinski definition) is 2. The summed E-state index contributed by atoms with van der Waals surface area (Å²) < 4.78 is 32.1. The van der Waals surface area contributed by atoms with Crippen LogP contribution in [0.15, 0.2) is 41.5 Å². The van der Waals surface area contributed by atoms with Crippen LogP contribution in [0.25, 0.3) is 0 Å². The molecule has 0 radical (unpaired) electrons. The van der Waals surface area contributed by atoms with Gasteiger partial charge in [0.2, 0.25) is 0 Å². The van der Waals surface area contributed by atoms with Gasteiger partial charge in [-0.3, -0.25) is 14.4 Å². The molecule has 3 saturated carbocycles. The van der Waals surface area contributed by atoms with Crippen molar-refractivity contribution in [3.8, 4) is 0 Å². The van der Waals surface area contributed by atoms with Crippen molar-refractivity contribution in [2.45, 2.75) is 135 Å². The van der Waals surface area contributed by atoms with E-state index in [0.29, 0.717) is 18.4 Å². The minimum absolute atomic E-state index is 0.125. The first kappa shape index (κ1) is 36.9. The van der Waals surface area contributed by atoms with Crippen molar-refractivity contribution in [3.63, 3.8) is 0 Å². The molecule has 1 saturated heterocycles. The maximum Gasteiger partial charge on any atom is 0.338 e. The maximum atomic E-state index is 15.8. The molecule has 12 heteroatoms. The Labute approximate surface area is 295 Å². The molecule has 2 unspecified atom stereocenters. The van der Waals surface area contributed by atoms with Crippen LogP contribution in [0.5, 0.6) is 0 Å².